The summed E-state index contributed by atoms with van der Waals surface area (Å²) in [5.41, 5.74) is -1.45. The molecule has 2 rings (SSSR count). The van der Waals surface area contributed by atoms with Crippen LogP contribution in [0.3, 0.4) is 0 Å². The molecule has 0 aliphatic rings. The van der Waals surface area contributed by atoms with E-state index in [1.165, 1.54) is 22.8 Å². The first-order valence-corrected chi connectivity index (χ1v) is 10.7. The summed E-state index contributed by atoms with van der Waals surface area (Å²) in [6, 6.07) is 4.23. The summed E-state index contributed by atoms with van der Waals surface area (Å²) >= 11 is 3.23. The second-order valence-electron chi connectivity index (χ2n) is 8.36. The van der Waals surface area contributed by atoms with Crippen LogP contribution in [0.1, 0.15) is 45.7 Å². The van der Waals surface area contributed by atoms with Crippen LogP contribution in [-0.2, 0) is 32.8 Å². The normalized spacial score (nSPS) is 13.1. The van der Waals surface area contributed by atoms with Crippen molar-refractivity contribution in [3.8, 4) is 0 Å². The van der Waals surface area contributed by atoms with Gasteiger partial charge < -0.3 is 19.6 Å². The number of imidazole rings is 1. The number of alkyl carbamates (subject to hydrolysis) is 1. The van der Waals surface area contributed by atoms with Gasteiger partial charge in [0.25, 0.3) is 0 Å². The summed E-state index contributed by atoms with van der Waals surface area (Å²) in [6.45, 7) is 16.0. The van der Waals surface area contributed by atoms with Gasteiger partial charge >= 0.3 is 18.0 Å². The average Bonchev–Trinajstić information content (AvgIpc) is 3.00. The van der Waals surface area contributed by atoms with Crippen molar-refractivity contribution in [2.75, 3.05) is 6.61 Å². The van der Waals surface area contributed by atoms with E-state index >= 15 is 4.39 Å². The van der Waals surface area contributed by atoms with Crippen LogP contribution < -0.4 is 5.32 Å². The zero-order valence-corrected chi connectivity index (χ0v) is 20.2. The third kappa shape index (κ3) is 6.79. The van der Waals surface area contributed by atoms with Crippen molar-refractivity contribution in [2.24, 2.45) is 0 Å². The Hall–Kier alpha value is -2.93. The molecule has 1 heterocycles. The minimum Gasteiger partial charge on any atom is -0.466 e. The Balaban J connectivity index is 2.51. The molecule has 1 aromatic heterocycles. The molecule has 1 N–H and O–H groups in total. The number of esters is 1. The third-order valence-corrected chi connectivity index (χ3v) is 4.75. The second kappa shape index (κ2) is 10.1. The largest absolute Gasteiger partial charge is 0.466 e. The first-order valence-electron chi connectivity index (χ1n) is 9.92. The number of carbonyl (C=O) groups is 2. The second-order valence-corrected chi connectivity index (χ2v) is 9.17. The topological polar surface area (TPSA) is 86.8 Å². The molecule has 0 saturated heterocycles. The van der Waals surface area contributed by atoms with Gasteiger partial charge in [-0.1, -0.05) is 6.07 Å². The Morgan fingerprint density at radius 3 is 2.59 bits per heavy atom. The van der Waals surface area contributed by atoms with E-state index in [-0.39, 0.29) is 31.1 Å². The molecular weight excluding hydrogens is 483 g/mol. The van der Waals surface area contributed by atoms with Gasteiger partial charge in [0, 0.05) is 5.56 Å². The smallest absolute Gasteiger partial charge is 0.408 e. The fourth-order valence-corrected chi connectivity index (χ4v) is 3.53. The fourth-order valence-electron chi connectivity index (χ4n) is 3.13. The summed E-state index contributed by atoms with van der Waals surface area (Å²) in [6.07, 6.45) is 0.773. The van der Waals surface area contributed by atoms with Crippen molar-refractivity contribution in [1.82, 2.24) is 14.9 Å². The van der Waals surface area contributed by atoms with Crippen LogP contribution in [0.5, 0.6) is 0 Å². The van der Waals surface area contributed by atoms with E-state index in [0.717, 1.165) is 0 Å². The molecule has 0 saturated carbocycles. The lowest BCUT2D eigenvalue weighted by molar-refractivity contribution is -0.142. The quantitative estimate of drug-likeness (QED) is 0.425. The van der Waals surface area contributed by atoms with Gasteiger partial charge in [0.05, 0.1) is 31.3 Å². The Bertz CT molecular complexity index is 1040. The lowest BCUT2D eigenvalue weighted by Gasteiger charge is -2.32. The number of hydrogen-bond donors (Lipinski definition) is 1. The highest BCUT2D eigenvalue weighted by molar-refractivity contribution is 9.10. The molecule has 172 valence electrons. The van der Waals surface area contributed by atoms with Gasteiger partial charge in [0.15, 0.2) is 4.60 Å². The Labute approximate surface area is 195 Å². The first-order chi connectivity index (χ1) is 14.9. The monoisotopic (exact) mass is 508 g/mol. The number of rotatable bonds is 7. The molecule has 1 aromatic carbocycles. The van der Waals surface area contributed by atoms with E-state index < -0.39 is 29.0 Å². The van der Waals surface area contributed by atoms with Crippen molar-refractivity contribution in [2.45, 2.75) is 58.7 Å². The highest BCUT2D eigenvalue weighted by Gasteiger charge is 2.36. The number of nitrogens with one attached hydrogen (secondary N) is 1. The summed E-state index contributed by atoms with van der Waals surface area (Å²) in [7, 11) is 0. The highest BCUT2D eigenvalue weighted by Crippen LogP contribution is 2.30. The average molecular weight is 509 g/mol. The Morgan fingerprint density at radius 1 is 1.31 bits per heavy atom. The predicted molar refractivity (Wildman–Crippen MR) is 120 cm³/mol. The van der Waals surface area contributed by atoms with Crippen LogP contribution in [0.15, 0.2) is 29.0 Å². The molecule has 8 nitrogen and oxygen atoms in total. The first kappa shape index (κ1) is 25.3. The van der Waals surface area contributed by atoms with Crippen LogP contribution in [-0.4, -0.2) is 33.8 Å². The molecule has 2 aromatic rings. The molecule has 1 amide bonds. The van der Waals surface area contributed by atoms with E-state index in [9.17, 15) is 9.59 Å². The Morgan fingerprint density at radius 2 is 2.00 bits per heavy atom. The van der Waals surface area contributed by atoms with E-state index in [0.29, 0.717) is 10.2 Å². The maximum Gasteiger partial charge on any atom is 0.408 e. The molecule has 32 heavy (non-hydrogen) atoms. The lowest BCUT2D eigenvalue weighted by atomic mass is 9.89. The van der Waals surface area contributed by atoms with Crippen LogP contribution in [0.2, 0.25) is 0 Å². The van der Waals surface area contributed by atoms with Gasteiger partial charge in [0.1, 0.15) is 11.4 Å². The van der Waals surface area contributed by atoms with E-state index in [2.05, 4.69) is 31.1 Å². The highest BCUT2D eigenvalue weighted by atomic mass is 79.9. The van der Waals surface area contributed by atoms with E-state index in [4.69, 9.17) is 16.0 Å². The molecule has 0 fully saturated rings. The van der Waals surface area contributed by atoms with Crippen molar-refractivity contribution in [3.63, 3.8) is 0 Å². The molecule has 1 atom stereocenters. The molecule has 0 aliphatic heterocycles. The molecule has 0 radical (unpaired) electrons. The molecule has 0 aliphatic carbocycles. The summed E-state index contributed by atoms with van der Waals surface area (Å²) in [4.78, 5) is 32.0. The summed E-state index contributed by atoms with van der Waals surface area (Å²) in [5.74, 6) is -0.961. The number of aromatic nitrogens is 2. The van der Waals surface area contributed by atoms with Crippen LogP contribution >= 0.6 is 15.9 Å². The third-order valence-electron chi connectivity index (χ3n) is 4.37. The van der Waals surface area contributed by atoms with Crippen LogP contribution in [0.4, 0.5) is 15.1 Å². The molecule has 0 spiro atoms. The maximum absolute atomic E-state index is 15.0. The number of benzene rings is 1. The minimum absolute atomic E-state index is 0.0116. The fraction of sp³-hybridized carbons (Fsp3) is 0.455. The zero-order chi connectivity index (χ0) is 24.1. The lowest BCUT2D eigenvalue weighted by Crippen LogP contribution is -2.48. The summed E-state index contributed by atoms with van der Waals surface area (Å²) < 4.78 is 27.3. The van der Waals surface area contributed by atoms with Gasteiger partial charge in [-0.25, -0.2) is 9.18 Å². The number of hydrogen-bond acceptors (Lipinski definition) is 5. The number of amides is 1. The minimum atomic E-state index is -1.34. The molecular formula is C22H26BrFN4O4. The number of nitrogens with zero attached hydrogens (tertiary/aromatic N) is 3. The van der Waals surface area contributed by atoms with Crippen molar-refractivity contribution >= 4 is 33.9 Å². The SMILES string of the molecule is [C-]#[N+]c1nc(Br)cn1CC(C)(NC(=O)OC(C)(C)C)c1cc(CC(=O)OCC)ccc1F. The van der Waals surface area contributed by atoms with Crippen LogP contribution in [0.25, 0.3) is 4.85 Å². The standard InChI is InChI=1S/C22H26BrFN4O4/c1-7-31-18(29)11-14-8-9-16(24)15(10-14)22(5,27-20(30)32-21(2,3)4)13-28-12-17(23)26-19(28)25-6/h8-10,12H,7,11,13H2,1-5H3,(H,27,30). The summed E-state index contributed by atoms with van der Waals surface area (Å²) in [5, 5.41) is 2.74. The van der Waals surface area contributed by atoms with E-state index in [1.54, 1.807) is 40.8 Å². The maximum atomic E-state index is 15.0. The van der Waals surface area contributed by atoms with Gasteiger partial charge in [-0.3, -0.25) is 9.36 Å². The number of ether oxygens (including phenoxy) is 2. The van der Waals surface area contributed by atoms with Gasteiger partial charge in [-0.15, -0.1) is 11.6 Å². The zero-order valence-electron chi connectivity index (χ0n) is 18.7. The van der Waals surface area contributed by atoms with Gasteiger partial charge in [0.2, 0.25) is 0 Å². The van der Waals surface area contributed by atoms with Crippen molar-refractivity contribution in [3.05, 3.63) is 57.4 Å². The molecule has 1 unspecified atom stereocenters. The number of carbonyl (C=O) groups excluding carboxylic acids is 2. The Kier molecular flexibility index (Phi) is 8.02. The van der Waals surface area contributed by atoms with Crippen molar-refractivity contribution in [1.29, 1.82) is 0 Å². The van der Waals surface area contributed by atoms with Gasteiger partial charge in [-0.05, 0) is 68.2 Å². The number of halogens is 2. The molecule has 0 bridgehead atoms. The van der Waals surface area contributed by atoms with Crippen LogP contribution in [0, 0.1) is 12.4 Å². The molecule has 10 heteroatoms. The van der Waals surface area contributed by atoms with E-state index in [1.807, 2.05) is 0 Å². The predicted octanol–water partition coefficient (Wildman–Crippen LogP) is 4.88. The van der Waals surface area contributed by atoms with Crippen molar-refractivity contribution < 1.29 is 23.5 Å². The van der Waals surface area contributed by atoms with Gasteiger partial charge in [-0.2, -0.15) is 0 Å².